The van der Waals surface area contributed by atoms with E-state index in [1.165, 1.54) is 0 Å². The Labute approximate surface area is 165 Å². The molecule has 0 spiro atoms. The van der Waals surface area contributed by atoms with Gasteiger partial charge in [0.25, 0.3) is 0 Å². The summed E-state index contributed by atoms with van der Waals surface area (Å²) in [6, 6.07) is 4.60. The van der Waals surface area contributed by atoms with Gasteiger partial charge in [-0.1, -0.05) is 0 Å². The van der Waals surface area contributed by atoms with Crippen LogP contribution in [0.2, 0.25) is 0 Å². The van der Waals surface area contributed by atoms with Crippen molar-refractivity contribution in [3.05, 3.63) is 24.5 Å². The Balaban J connectivity index is 1.28. The molecular weight excluding hydrogens is 360 g/mol. The van der Waals surface area contributed by atoms with Crippen molar-refractivity contribution in [1.82, 2.24) is 15.6 Å². The fraction of sp³-hybridized carbons (Fsp3) is 0.700. The number of aromatic nitrogens is 1. The van der Waals surface area contributed by atoms with Crippen LogP contribution >= 0.6 is 11.8 Å². The summed E-state index contributed by atoms with van der Waals surface area (Å²) in [6.45, 7) is 0. The van der Waals surface area contributed by atoms with Gasteiger partial charge in [-0.05, 0) is 57.1 Å². The van der Waals surface area contributed by atoms with Crippen molar-refractivity contribution in [2.75, 3.05) is 11.1 Å². The molecule has 148 valence electrons. The lowest BCUT2D eigenvalue weighted by atomic mass is 9.79. The number of carbonyl (C=O) groups excluding carboxylic acids is 1. The van der Waals surface area contributed by atoms with Crippen molar-refractivity contribution >= 4 is 23.4 Å². The summed E-state index contributed by atoms with van der Waals surface area (Å²) in [5.41, 5.74) is 1.05. The van der Waals surface area contributed by atoms with E-state index in [9.17, 15) is 9.90 Å². The number of thioether (sulfide) groups is 1. The van der Waals surface area contributed by atoms with Crippen LogP contribution in [0.3, 0.4) is 0 Å². The Bertz CT molecular complexity index is 624. The fourth-order valence-corrected chi connectivity index (χ4v) is 5.85. The highest BCUT2D eigenvalue weighted by atomic mass is 32.2. The van der Waals surface area contributed by atoms with Gasteiger partial charge in [-0.25, -0.2) is 0 Å². The molecule has 7 heteroatoms. The van der Waals surface area contributed by atoms with Crippen molar-refractivity contribution in [2.45, 2.75) is 74.5 Å². The highest BCUT2D eigenvalue weighted by molar-refractivity contribution is 7.99. The first-order valence-corrected chi connectivity index (χ1v) is 11.2. The molecule has 0 radical (unpaired) electrons. The van der Waals surface area contributed by atoms with Gasteiger partial charge in [0.15, 0.2) is 0 Å². The van der Waals surface area contributed by atoms with Gasteiger partial charge in [0.2, 0.25) is 5.91 Å². The van der Waals surface area contributed by atoms with Crippen LogP contribution in [0.25, 0.3) is 0 Å². The first kappa shape index (κ1) is 19.0. The number of carbonyl (C=O) groups is 1. The summed E-state index contributed by atoms with van der Waals surface area (Å²) in [6.07, 6.45) is 10.4. The summed E-state index contributed by atoms with van der Waals surface area (Å²) >= 11 is 1.94. The van der Waals surface area contributed by atoms with Gasteiger partial charge < -0.3 is 15.7 Å². The molecule has 4 unspecified atom stereocenters. The van der Waals surface area contributed by atoms with Crippen molar-refractivity contribution < 1.29 is 9.90 Å². The van der Waals surface area contributed by atoms with Gasteiger partial charge in [0.1, 0.15) is 0 Å². The molecular formula is C20H30N4O2S. The van der Waals surface area contributed by atoms with Crippen LogP contribution in [0.4, 0.5) is 5.69 Å². The number of amides is 1. The summed E-state index contributed by atoms with van der Waals surface area (Å²) in [7, 11) is 0. The maximum Gasteiger partial charge on any atom is 0.225 e. The van der Waals surface area contributed by atoms with Crippen molar-refractivity contribution in [3.63, 3.8) is 0 Å². The van der Waals surface area contributed by atoms with E-state index in [0.29, 0.717) is 11.3 Å². The van der Waals surface area contributed by atoms with E-state index in [4.69, 9.17) is 0 Å². The molecule has 0 bridgehead atoms. The number of nitrogens with one attached hydrogen (secondary N) is 3. The van der Waals surface area contributed by atoms with Gasteiger partial charge in [-0.15, -0.1) is 0 Å². The van der Waals surface area contributed by atoms with Crippen LogP contribution in [0.1, 0.15) is 44.9 Å². The van der Waals surface area contributed by atoms with Crippen LogP contribution < -0.4 is 16.0 Å². The molecule has 1 aromatic heterocycles. The first-order valence-electron chi connectivity index (χ1n) is 10.2. The molecule has 3 fully saturated rings. The second-order valence-corrected chi connectivity index (χ2v) is 9.43. The second kappa shape index (κ2) is 8.80. The smallest absolute Gasteiger partial charge is 0.225 e. The van der Waals surface area contributed by atoms with Crippen LogP contribution in [-0.2, 0) is 4.79 Å². The molecule has 6 nitrogen and oxygen atoms in total. The molecule has 1 amide bonds. The van der Waals surface area contributed by atoms with Gasteiger partial charge in [0.05, 0.1) is 23.9 Å². The topological polar surface area (TPSA) is 86.3 Å². The summed E-state index contributed by atoms with van der Waals surface area (Å²) in [5.74, 6) is 1.20. The minimum atomic E-state index is -0.110. The Morgan fingerprint density at radius 1 is 1.22 bits per heavy atom. The molecule has 3 aliphatic rings. The van der Waals surface area contributed by atoms with E-state index in [-0.39, 0.29) is 30.1 Å². The van der Waals surface area contributed by atoms with Crippen LogP contribution in [0, 0.1) is 5.92 Å². The number of hydrogen-bond donors (Lipinski definition) is 4. The number of nitrogens with zero attached hydrogens (tertiary/aromatic N) is 1. The zero-order valence-electron chi connectivity index (χ0n) is 15.6. The number of anilines is 1. The summed E-state index contributed by atoms with van der Waals surface area (Å²) < 4.78 is 0. The number of hydrogen-bond acceptors (Lipinski definition) is 6. The Morgan fingerprint density at radius 2 is 2.07 bits per heavy atom. The second-order valence-electron chi connectivity index (χ2n) is 8.10. The third-order valence-electron chi connectivity index (χ3n) is 6.09. The first-order chi connectivity index (χ1) is 13.2. The Morgan fingerprint density at radius 3 is 2.85 bits per heavy atom. The predicted molar refractivity (Wildman–Crippen MR) is 109 cm³/mol. The van der Waals surface area contributed by atoms with Gasteiger partial charge in [0, 0.05) is 35.5 Å². The standard InChI is InChI=1S/C20H30N4O2S/c25-15-4-6-16(7-5-15)27-12-19-23-18-10-13(3-8-17(18)20(26)24-19)22-14-2-1-9-21-11-14/h1-2,9,11,13,15-19,22-23,25H,3-8,10,12H2,(H,24,26). The van der Waals surface area contributed by atoms with E-state index in [1.807, 2.05) is 30.1 Å². The normalized spacial score (nSPS) is 36.6. The number of pyridine rings is 1. The number of rotatable bonds is 5. The minimum absolute atomic E-state index is 0.0488. The lowest BCUT2D eigenvalue weighted by Crippen LogP contribution is -2.64. The monoisotopic (exact) mass is 390 g/mol. The van der Waals surface area contributed by atoms with Crippen LogP contribution in [0.15, 0.2) is 24.5 Å². The lowest BCUT2D eigenvalue weighted by molar-refractivity contribution is -0.130. The largest absolute Gasteiger partial charge is 0.393 e. The molecule has 1 aromatic rings. The molecule has 1 saturated heterocycles. The molecule has 0 aromatic carbocycles. The van der Waals surface area contributed by atoms with E-state index < -0.39 is 0 Å². The molecule has 4 rings (SSSR count). The van der Waals surface area contributed by atoms with E-state index >= 15 is 0 Å². The van der Waals surface area contributed by atoms with Crippen molar-refractivity contribution in [2.24, 2.45) is 5.92 Å². The zero-order valence-corrected chi connectivity index (χ0v) is 16.5. The minimum Gasteiger partial charge on any atom is -0.393 e. The zero-order chi connectivity index (χ0) is 18.6. The van der Waals surface area contributed by atoms with E-state index in [1.54, 1.807) is 6.20 Å². The summed E-state index contributed by atoms with van der Waals surface area (Å²) in [5, 5.41) is 20.7. The van der Waals surface area contributed by atoms with Crippen molar-refractivity contribution in [1.29, 1.82) is 0 Å². The molecule has 4 atom stereocenters. The predicted octanol–water partition coefficient (Wildman–Crippen LogP) is 2.11. The average Bonchev–Trinajstić information content (AvgIpc) is 2.68. The molecule has 2 heterocycles. The average molecular weight is 391 g/mol. The SMILES string of the molecule is O=C1NC(CSC2CCC(O)CC2)NC2CC(Nc3cccnc3)CCC12. The molecule has 2 saturated carbocycles. The van der Waals surface area contributed by atoms with E-state index in [0.717, 1.165) is 56.4 Å². The van der Waals surface area contributed by atoms with Gasteiger partial charge >= 0.3 is 0 Å². The molecule has 2 aliphatic carbocycles. The third-order valence-corrected chi connectivity index (χ3v) is 7.56. The van der Waals surface area contributed by atoms with Gasteiger partial charge in [-0.3, -0.25) is 15.1 Å². The quantitative estimate of drug-likeness (QED) is 0.616. The maximum absolute atomic E-state index is 12.6. The fourth-order valence-electron chi connectivity index (χ4n) is 4.60. The number of fused-ring (bicyclic) bond motifs is 1. The van der Waals surface area contributed by atoms with E-state index in [2.05, 4.69) is 20.9 Å². The van der Waals surface area contributed by atoms with Crippen molar-refractivity contribution in [3.8, 4) is 0 Å². The number of aliphatic hydroxyl groups is 1. The maximum atomic E-state index is 12.6. The van der Waals surface area contributed by atoms with Crippen LogP contribution in [0.5, 0.6) is 0 Å². The highest BCUT2D eigenvalue weighted by Gasteiger charge is 2.40. The molecule has 1 aliphatic heterocycles. The lowest BCUT2D eigenvalue weighted by Gasteiger charge is -2.43. The molecule has 4 N–H and O–H groups in total. The third kappa shape index (κ3) is 4.95. The molecule has 27 heavy (non-hydrogen) atoms. The highest BCUT2D eigenvalue weighted by Crippen LogP contribution is 2.32. The van der Waals surface area contributed by atoms with Crippen LogP contribution in [-0.4, -0.2) is 51.4 Å². The van der Waals surface area contributed by atoms with Gasteiger partial charge in [-0.2, -0.15) is 11.8 Å². The number of aliphatic hydroxyl groups excluding tert-OH is 1. The summed E-state index contributed by atoms with van der Waals surface area (Å²) in [4.78, 5) is 16.7. The Hall–Kier alpha value is -1.31. The Kier molecular flexibility index (Phi) is 6.20.